The van der Waals surface area contributed by atoms with Gasteiger partial charge in [-0.1, -0.05) is 5.16 Å². The first-order chi connectivity index (χ1) is 19.2. The highest BCUT2D eigenvalue weighted by molar-refractivity contribution is 8.00. The molecule has 17 heteroatoms. The van der Waals surface area contributed by atoms with Crippen LogP contribution in [0.15, 0.2) is 40.3 Å². The Morgan fingerprint density at radius 1 is 1.35 bits per heavy atom. The Kier molecular flexibility index (Phi) is 7.49. The number of nitrogens with two attached hydrogens (primary N) is 2. The van der Waals surface area contributed by atoms with Gasteiger partial charge in [0.25, 0.3) is 17.7 Å². The monoisotopic (exact) mass is 588 g/mol. The van der Waals surface area contributed by atoms with Gasteiger partial charge >= 0.3 is 0 Å². The van der Waals surface area contributed by atoms with Crippen LogP contribution < -0.4 is 36.5 Å². The molecule has 210 valence electrons. The van der Waals surface area contributed by atoms with Crippen molar-refractivity contribution in [3.05, 3.63) is 40.8 Å². The summed E-state index contributed by atoms with van der Waals surface area (Å²) in [6.07, 6.45) is 2.76. The molecule has 3 aliphatic rings. The van der Waals surface area contributed by atoms with Crippen molar-refractivity contribution in [1.29, 1.82) is 0 Å². The molecule has 0 aliphatic carbocycles. The van der Waals surface area contributed by atoms with Crippen LogP contribution in [0.5, 0.6) is 5.75 Å². The van der Waals surface area contributed by atoms with Crippen molar-refractivity contribution in [2.24, 2.45) is 5.16 Å². The van der Waals surface area contributed by atoms with Gasteiger partial charge in [-0.3, -0.25) is 19.3 Å². The first-order valence-electron chi connectivity index (χ1n) is 11.9. The van der Waals surface area contributed by atoms with Gasteiger partial charge in [0, 0.05) is 35.7 Å². The highest BCUT2D eigenvalue weighted by Crippen LogP contribution is 2.40. The van der Waals surface area contributed by atoms with E-state index in [0.29, 0.717) is 30.0 Å². The fourth-order valence-corrected chi connectivity index (χ4v) is 6.33. The Labute approximate surface area is 235 Å². The molecule has 0 radical (unpaired) electrons. The zero-order chi connectivity index (χ0) is 28.6. The zero-order valence-corrected chi connectivity index (χ0v) is 22.6. The molecule has 2 aromatic rings. The van der Waals surface area contributed by atoms with Crippen LogP contribution in [0.1, 0.15) is 12.1 Å². The predicted molar refractivity (Wildman–Crippen MR) is 140 cm³/mol. The normalized spacial score (nSPS) is 22.4. The number of aromatic nitrogens is 2. The van der Waals surface area contributed by atoms with Crippen molar-refractivity contribution in [2.75, 3.05) is 30.9 Å². The highest BCUT2D eigenvalue weighted by Gasteiger charge is 2.53. The van der Waals surface area contributed by atoms with Crippen molar-refractivity contribution in [2.45, 2.75) is 30.5 Å². The molecule has 3 aliphatic heterocycles. The summed E-state index contributed by atoms with van der Waals surface area (Å²) in [5, 5.41) is 22.2. The Balaban J connectivity index is 1.35. The van der Waals surface area contributed by atoms with E-state index in [2.05, 4.69) is 20.8 Å². The van der Waals surface area contributed by atoms with Crippen LogP contribution in [0.2, 0.25) is 0 Å². The number of hydrogen-bond acceptors (Lipinski definition) is 13. The van der Waals surface area contributed by atoms with Crippen LogP contribution >= 0.6 is 23.1 Å². The molecule has 5 rings (SSSR count). The minimum atomic E-state index is -1.52. The van der Waals surface area contributed by atoms with Crippen molar-refractivity contribution in [3.63, 3.8) is 0 Å². The maximum atomic E-state index is 13.2. The van der Waals surface area contributed by atoms with Gasteiger partial charge < -0.3 is 41.6 Å². The molecule has 0 saturated carbocycles. The maximum absolute atomic E-state index is 13.2. The second kappa shape index (κ2) is 11.0. The molecule has 3 atom stereocenters. The summed E-state index contributed by atoms with van der Waals surface area (Å²) in [5.41, 5.74) is 12.0. The summed E-state index contributed by atoms with van der Waals surface area (Å²) < 4.78 is 6.87. The number of carboxylic acids is 1. The molecule has 0 unspecified atom stereocenters. The third kappa shape index (κ3) is 5.24. The van der Waals surface area contributed by atoms with Crippen LogP contribution in [-0.2, 0) is 30.6 Å². The van der Waals surface area contributed by atoms with Crippen LogP contribution in [0.3, 0.4) is 0 Å². The molecule has 15 nitrogen and oxygen atoms in total. The minimum absolute atomic E-state index is 0.102. The third-order valence-electron chi connectivity index (χ3n) is 6.30. The van der Waals surface area contributed by atoms with E-state index in [1.54, 1.807) is 23.0 Å². The van der Waals surface area contributed by atoms with E-state index < -0.39 is 35.3 Å². The van der Waals surface area contributed by atoms with Crippen LogP contribution in [0.4, 0.5) is 10.8 Å². The Morgan fingerprint density at radius 3 is 2.80 bits per heavy atom. The summed E-state index contributed by atoms with van der Waals surface area (Å²) in [4.78, 5) is 60.8. The number of ether oxygens (including phenoxy) is 1. The zero-order valence-electron chi connectivity index (χ0n) is 21.0. The van der Waals surface area contributed by atoms with Gasteiger partial charge in [-0.15, -0.1) is 23.1 Å². The Morgan fingerprint density at radius 2 is 2.15 bits per heavy atom. The number of thiazole rings is 1. The lowest BCUT2D eigenvalue weighted by atomic mass is 10.0. The van der Waals surface area contributed by atoms with Gasteiger partial charge in [0.15, 0.2) is 29.3 Å². The van der Waals surface area contributed by atoms with Gasteiger partial charge in [0.05, 0.1) is 18.8 Å². The number of pyridine rings is 1. The van der Waals surface area contributed by atoms with Crippen molar-refractivity contribution >= 4 is 63.3 Å². The van der Waals surface area contributed by atoms with Crippen molar-refractivity contribution < 1.29 is 38.4 Å². The average Bonchev–Trinajstić information content (AvgIpc) is 3.54. The molecule has 3 amide bonds. The number of rotatable bonds is 9. The highest BCUT2D eigenvalue weighted by atomic mass is 32.2. The summed E-state index contributed by atoms with van der Waals surface area (Å²) in [5.74, 6) is -2.58. The maximum Gasteiger partial charge on any atom is 0.276 e. The number of oxime groups is 1. The van der Waals surface area contributed by atoms with Gasteiger partial charge in [-0.05, 0) is 0 Å². The number of carboxylic acid groups (broad SMARTS) is 1. The Hall–Kier alpha value is -4.38. The van der Waals surface area contributed by atoms with E-state index in [9.17, 15) is 24.3 Å². The molecule has 6 N–H and O–H groups in total. The fraction of sp³-hybridized carbons (Fsp3) is 0.348. The molecular formula is C23H24N8O7S2. The number of carbonyl (C=O) groups is 4. The molecule has 5 heterocycles. The number of carbonyl (C=O) groups excluding carboxylic acids is 4. The number of fused-ring (bicyclic) bond motifs is 1. The van der Waals surface area contributed by atoms with E-state index >= 15 is 0 Å². The lowest BCUT2D eigenvalue weighted by Gasteiger charge is -2.50. The molecule has 2 saturated heterocycles. The number of aliphatic carboxylic acids is 1. The SMILES string of the molecule is COc1cc(N)c[n+](CC2=C(C(=O)[O-])N3C(=O)[C@@H](NC(=O)/C(=N\O[C@H]4CCNC4=O)c4csc(N)n4)[C@@H]3SC2)c1. The lowest BCUT2D eigenvalue weighted by Crippen LogP contribution is -2.71. The van der Waals surface area contributed by atoms with Crippen LogP contribution in [0.25, 0.3) is 0 Å². The molecule has 0 bridgehead atoms. The first kappa shape index (κ1) is 27.2. The summed E-state index contributed by atoms with van der Waals surface area (Å²) in [6, 6.07) is 0.567. The van der Waals surface area contributed by atoms with E-state index in [0.717, 1.165) is 16.2 Å². The van der Waals surface area contributed by atoms with Crippen molar-refractivity contribution in [1.82, 2.24) is 20.5 Å². The number of amides is 3. The smallest absolute Gasteiger partial charge is 0.276 e. The quantitative estimate of drug-likeness (QED) is 0.102. The van der Waals surface area contributed by atoms with Crippen LogP contribution in [-0.4, -0.2) is 76.2 Å². The summed E-state index contributed by atoms with van der Waals surface area (Å²) in [7, 11) is 1.48. The third-order valence-corrected chi connectivity index (χ3v) is 8.32. The first-order valence-corrected chi connectivity index (χ1v) is 13.8. The molecule has 0 spiro atoms. The minimum Gasteiger partial charge on any atom is -0.543 e. The fourth-order valence-electron chi connectivity index (χ4n) is 4.45. The van der Waals surface area contributed by atoms with Gasteiger partial charge in [0.1, 0.15) is 22.8 Å². The number of nitrogen functional groups attached to an aromatic ring is 2. The Bertz CT molecular complexity index is 1460. The number of β-lactam (4-membered cyclic amide) rings is 1. The number of nitrogens with zero attached hydrogens (tertiary/aromatic N) is 4. The average molecular weight is 589 g/mol. The number of hydrogen-bond donors (Lipinski definition) is 4. The molecule has 2 fully saturated rings. The van der Waals surface area contributed by atoms with E-state index in [1.165, 1.54) is 24.3 Å². The molecule has 40 heavy (non-hydrogen) atoms. The van der Waals surface area contributed by atoms with Gasteiger partial charge in [0.2, 0.25) is 12.3 Å². The second-order valence-electron chi connectivity index (χ2n) is 8.97. The molecule has 2 aromatic heterocycles. The van der Waals surface area contributed by atoms with E-state index in [4.69, 9.17) is 21.0 Å². The van der Waals surface area contributed by atoms with Gasteiger partial charge in [-0.25, -0.2) is 4.98 Å². The molecular weight excluding hydrogens is 564 g/mol. The number of anilines is 2. The summed E-state index contributed by atoms with van der Waals surface area (Å²) in [6.45, 7) is 0.537. The van der Waals surface area contributed by atoms with Crippen LogP contribution in [0, 0.1) is 0 Å². The largest absolute Gasteiger partial charge is 0.543 e. The molecule has 0 aromatic carbocycles. The lowest BCUT2D eigenvalue weighted by molar-refractivity contribution is -0.688. The second-order valence-corrected chi connectivity index (χ2v) is 11.0. The van der Waals surface area contributed by atoms with E-state index in [1.807, 2.05) is 0 Å². The van der Waals surface area contributed by atoms with Gasteiger partial charge in [-0.2, -0.15) is 4.57 Å². The topological polar surface area (TPSA) is 218 Å². The number of methoxy groups -OCH3 is 1. The summed E-state index contributed by atoms with van der Waals surface area (Å²) >= 11 is 2.35. The number of thioether (sulfide) groups is 1. The number of nitrogens with one attached hydrogen (secondary N) is 2. The van der Waals surface area contributed by atoms with E-state index in [-0.39, 0.29) is 40.4 Å². The van der Waals surface area contributed by atoms with Crippen molar-refractivity contribution in [3.8, 4) is 5.75 Å². The predicted octanol–water partition coefficient (Wildman–Crippen LogP) is -2.68. The standard InChI is InChI=1S/C23H24N8O7S2/c1-37-12-4-11(24)6-30(7-12)5-10-8-39-21-16(20(34)31(21)17(10)22(35)36)28-19(33)15(13-9-40-23(25)27-13)29-38-14-2-3-26-18(14)32/h4,6-7,9,14,16,21H,2-3,5,8,24H2,1H3,(H4-,25,26,27,28,32,33,35,36)/b29-15-/t14-,16+,21-/m0/s1.